The molecule has 0 aliphatic heterocycles. The molecule has 4 heteroatoms. The first-order valence-corrected chi connectivity index (χ1v) is 4.44. The number of carbonyl (C=O) groups is 1. The number of amides is 1. The molecule has 0 unspecified atom stereocenters. The van der Waals surface area contributed by atoms with E-state index >= 15 is 0 Å². The quantitative estimate of drug-likeness (QED) is 0.580. The number of hydrogen-bond donors (Lipinski definition) is 1. The third-order valence-corrected chi connectivity index (χ3v) is 1.44. The molecular formula is C10H13N3O. The highest BCUT2D eigenvalue weighted by atomic mass is 16.2. The smallest absolute Gasteiger partial charge is 0.266 e. The Hall–Kier alpha value is -1.71. The molecule has 1 N–H and O–H groups in total. The fraction of sp³-hybridized carbons (Fsp3) is 0.300. The van der Waals surface area contributed by atoms with Gasteiger partial charge in [-0.3, -0.25) is 9.78 Å². The second-order valence-corrected chi connectivity index (χ2v) is 3.18. The molecule has 1 heterocycles. The van der Waals surface area contributed by atoms with E-state index in [2.05, 4.69) is 15.5 Å². The van der Waals surface area contributed by atoms with Gasteiger partial charge in [-0.2, -0.15) is 5.10 Å². The third kappa shape index (κ3) is 3.35. The third-order valence-electron chi connectivity index (χ3n) is 1.44. The molecule has 1 amide bonds. The van der Waals surface area contributed by atoms with Crippen LogP contribution in [-0.2, 0) is 0 Å². The predicted molar refractivity (Wildman–Crippen MR) is 55.0 cm³/mol. The minimum absolute atomic E-state index is 0.289. The van der Waals surface area contributed by atoms with Gasteiger partial charge in [-0.05, 0) is 18.1 Å². The Balaban J connectivity index is 2.52. The molecule has 0 saturated carbocycles. The van der Waals surface area contributed by atoms with Crippen LogP contribution in [0.4, 0.5) is 0 Å². The fourth-order valence-corrected chi connectivity index (χ4v) is 0.799. The minimum Gasteiger partial charge on any atom is -0.266 e. The van der Waals surface area contributed by atoms with Crippen molar-refractivity contribution in [3.8, 4) is 0 Å². The van der Waals surface area contributed by atoms with E-state index < -0.39 is 0 Å². The van der Waals surface area contributed by atoms with Crippen molar-refractivity contribution in [3.63, 3.8) is 0 Å². The van der Waals surface area contributed by atoms with Gasteiger partial charge < -0.3 is 0 Å². The lowest BCUT2D eigenvalue weighted by molar-refractivity contribution is 0.0950. The summed E-state index contributed by atoms with van der Waals surface area (Å²) in [4.78, 5) is 15.2. The number of rotatable bonds is 3. The second-order valence-electron chi connectivity index (χ2n) is 3.18. The van der Waals surface area contributed by atoms with Gasteiger partial charge in [-0.25, -0.2) is 5.43 Å². The lowest BCUT2D eigenvalue weighted by Crippen LogP contribution is -2.19. The van der Waals surface area contributed by atoms with Crippen molar-refractivity contribution in [2.24, 2.45) is 11.0 Å². The fourth-order valence-electron chi connectivity index (χ4n) is 0.799. The van der Waals surface area contributed by atoms with Crippen molar-refractivity contribution in [3.05, 3.63) is 30.1 Å². The van der Waals surface area contributed by atoms with Crippen LogP contribution in [0.3, 0.4) is 0 Å². The molecule has 0 aliphatic rings. The standard InChI is InChI=1S/C10H13N3O/c1-8(2)7-12-13-10(14)9-5-3-4-6-11-9/h3-8H,1-2H3,(H,13,14)/b12-7+. The van der Waals surface area contributed by atoms with E-state index in [1.54, 1.807) is 30.6 Å². The zero-order valence-electron chi connectivity index (χ0n) is 8.27. The van der Waals surface area contributed by atoms with Gasteiger partial charge >= 0.3 is 0 Å². The van der Waals surface area contributed by atoms with Gasteiger partial charge in [-0.1, -0.05) is 19.9 Å². The van der Waals surface area contributed by atoms with Crippen LogP contribution >= 0.6 is 0 Å². The summed E-state index contributed by atoms with van der Waals surface area (Å²) in [5.41, 5.74) is 2.77. The predicted octanol–water partition coefficient (Wildman–Crippen LogP) is 1.45. The largest absolute Gasteiger partial charge is 0.289 e. The van der Waals surface area contributed by atoms with Gasteiger partial charge in [0.05, 0.1) is 0 Å². The summed E-state index contributed by atoms with van der Waals surface area (Å²) in [5, 5.41) is 3.78. The van der Waals surface area contributed by atoms with Crippen LogP contribution in [-0.4, -0.2) is 17.1 Å². The van der Waals surface area contributed by atoms with E-state index in [4.69, 9.17) is 0 Å². The van der Waals surface area contributed by atoms with Crippen LogP contribution in [0, 0.1) is 5.92 Å². The van der Waals surface area contributed by atoms with Crippen LogP contribution in [0.1, 0.15) is 24.3 Å². The molecule has 0 aromatic carbocycles. The summed E-state index contributed by atoms with van der Waals surface area (Å²) >= 11 is 0. The van der Waals surface area contributed by atoms with Gasteiger partial charge in [0.15, 0.2) is 0 Å². The SMILES string of the molecule is CC(C)/C=N/NC(=O)c1ccccn1. The number of hydrogen-bond acceptors (Lipinski definition) is 3. The summed E-state index contributed by atoms with van der Waals surface area (Å²) in [7, 11) is 0. The van der Waals surface area contributed by atoms with Crippen LogP contribution < -0.4 is 5.43 Å². The highest BCUT2D eigenvalue weighted by Gasteiger charge is 2.02. The highest BCUT2D eigenvalue weighted by Crippen LogP contribution is 1.92. The molecule has 1 aromatic heterocycles. The lowest BCUT2D eigenvalue weighted by atomic mass is 10.3. The average Bonchev–Trinajstić information content (AvgIpc) is 2.18. The van der Waals surface area contributed by atoms with Crippen LogP contribution in [0.5, 0.6) is 0 Å². The van der Waals surface area contributed by atoms with Crippen LogP contribution in [0.15, 0.2) is 29.5 Å². The lowest BCUT2D eigenvalue weighted by Gasteiger charge is -1.98. The second kappa shape index (κ2) is 5.11. The van der Waals surface area contributed by atoms with Gasteiger partial charge in [-0.15, -0.1) is 0 Å². The van der Waals surface area contributed by atoms with Crippen molar-refractivity contribution in [1.82, 2.24) is 10.4 Å². The summed E-state index contributed by atoms with van der Waals surface area (Å²) in [6, 6.07) is 5.16. The number of aromatic nitrogens is 1. The Kier molecular flexibility index (Phi) is 3.79. The average molecular weight is 191 g/mol. The maximum absolute atomic E-state index is 11.3. The summed E-state index contributed by atoms with van der Waals surface area (Å²) in [6.07, 6.45) is 3.24. The molecule has 1 aromatic rings. The zero-order valence-corrected chi connectivity index (χ0v) is 8.27. The Morgan fingerprint density at radius 2 is 2.36 bits per heavy atom. The minimum atomic E-state index is -0.289. The Morgan fingerprint density at radius 3 is 2.93 bits per heavy atom. The molecule has 0 aliphatic carbocycles. The maximum atomic E-state index is 11.3. The summed E-state index contributed by atoms with van der Waals surface area (Å²) in [5.74, 6) is 0.0292. The molecule has 0 atom stereocenters. The van der Waals surface area contributed by atoms with Gasteiger partial charge in [0.25, 0.3) is 5.91 Å². The molecule has 0 fully saturated rings. The number of nitrogens with one attached hydrogen (secondary N) is 1. The molecule has 14 heavy (non-hydrogen) atoms. The van der Waals surface area contributed by atoms with Crippen LogP contribution in [0.25, 0.3) is 0 Å². The number of pyridine rings is 1. The first kappa shape index (κ1) is 10.4. The van der Waals surface area contributed by atoms with Gasteiger partial charge in [0.1, 0.15) is 5.69 Å². The van der Waals surface area contributed by atoms with E-state index in [9.17, 15) is 4.79 Å². The van der Waals surface area contributed by atoms with E-state index in [1.807, 2.05) is 13.8 Å². The van der Waals surface area contributed by atoms with Crippen molar-refractivity contribution >= 4 is 12.1 Å². The van der Waals surface area contributed by atoms with Crippen LogP contribution in [0.2, 0.25) is 0 Å². The van der Waals surface area contributed by atoms with Gasteiger partial charge in [0, 0.05) is 12.4 Å². The Labute approximate surface area is 83.1 Å². The Bertz CT molecular complexity index is 319. The summed E-state index contributed by atoms with van der Waals surface area (Å²) in [6.45, 7) is 3.97. The van der Waals surface area contributed by atoms with Crippen molar-refractivity contribution < 1.29 is 4.79 Å². The first-order chi connectivity index (χ1) is 6.70. The number of carbonyl (C=O) groups excluding carboxylic acids is 1. The molecule has 4 nitrogen and oxygen atoms in total. The highest BCUT2D eigenvalue weighted by molar-refractivity contribution is 5.92. The van der Waals surface area contributed by atoms with Crippen molar-refractivity contribution in [2.75, 3.05) is 0 Å². The molecule has 0 radical (unpaired) electrons. The molecule has 74 valence electrons. The monoisotopic (exact) mass is 191 g/mol. The van der Waals surface area contributed by atoms with E-state index in [0.29, 0.717) is 11.6 Å². The molecule has 0 saturated heterocycles. The number of hydrazone groups is 1. The molecular weight excluding hydrogens is 178 g/mol. The molecule has 0 spiro atoms. The number of nitrogens with zero attached hydrogens (tertiary/aromatic N) is 2. The Morgan fingerprint density at radius 1 is 1.57 bits per heavy atom. The summed E-state index contributed by atoms with van der Waals surface area (Å²) < 4.78 is 0. The first-order valence-electron chi connectivity index (χ1n) is 4.44. The molecule has 1 rings (SSSR count). The van der Waals surface area contributed by atoms with Crippen molar-refractivity contribution in [2.45, 2.75) is 13.8 Å². The normalized spacial score (nSPS) is 10.8. The maximum Gasteiger partial charge on any atom is 0.289 e. The van der Waals surface area contributed by atoms with E-state index in [0.717, 1.165) is 0 Å². The van der Waals surface area contributed by atoms with E-state index in [1.165, 1.54) is 0 Å². The van der Waals surface area contributed by atoms with E-state index in [-0.39, 0.29) is 5.91 Å². The van der Waals surface area contributed by atoms with Crippen molar-refractivity contribution in [1.29, 1.82) is 0 Å². The van der Waals surface area contributed by atoms with Gasteiger partial charge in [0.2, 0.25) is 0 Å². The topological polar surface area (TPSA) is 54.4 Å². The molecule has 0 bridgehead atoms. The zero-order chi connectivity index (χ0) is 10.4.